The van der Waals surface area contributed by atoms with E-state index in [2.05, 4.69) is 36.1 Å². The molecule has 2 nitrogen and oxygen atoms in total. The molecule has 0 radical (unpaired) electrons. The molecule has 1 amide bonds. The third kappa shape index (κ3) is 1.58. The molecule has 1 aromatic rings. The van der Waals surface area contributed by atoms with E-state index >= 15 is 0 Å². The van der Waals surface area contributed by atoms with E-state index in [9.17, 15) is 4.79 Å². The van der Waals surface area contributed by atoms with Crippen LogP contribution in [-0.2, 0) is 4.79 Å². The molecule has 1 atom stereocenters. The first-order valence-corrected chi connectivity index (χ1v) is 7.56. The number of carbonyl (C=O) groups is 1. The van der Waals surface area contributed by atoms with Crippen molar-refractivity contribution in [2.75, 3.05) is 6.54 Å². The molecule has 2 heteroatoms. The van der Waals surface area contributed by atoms with Gasteiger partial charge in [-0.2, -0.15) is 0 Å². The van der Waals surface area contributed by atoms with Gasteiger partial charge < -0.3 is 4.90 Å². The molecule has 3 saturated carbocycles. The molecule has 1 aliphatic heterocycles. The van der Waals surface area contributed by atoms with E-state index in [1.54, 1.807) is 0 Å². The Balaban J connectivity index is 1.59. The molecule has 100 valence electrons. The summed E-state index contributed by atoms with van der Waals surface area (Å²) in [6.07, 6.45) is 5.80. The number of carbonyl (C=O) groups excluding carboxylic acids is 1. The number of nitrogens with zero attached hydrogens (tertiary/aromatic N) is 1. The molecule has 1 unspecified atom stereocenters. The van der Waals surface area contributed by atoms with Crippen molar-refractivity contribution < 1.29 is 4.79 Å². The highest BCUT2D eigenvalue weighted by atomic mass is 16.2. The summed E-state index contributed by atoms with van der Waals surface area (Å²) in [5.41, 5.74) is 2.71. The van der Waals surface area contributed by atoms with Crippen LogP contribution in [0, 0.1) is 18.3 Å². The van der Waals surface area contributed by atoms with Crippen molar-refractivity contribution in [3.05, 3.63) is 35.4 Å². The second-order valence-corrected chi connectivity index (χ2v) is 6.83. The van der Waals surface area contributed by atoms with Gasteiger partial charge in [-0.05, 0) is 50.5 Å². The third-order valence-electron chi connectivity index (χ3n) is 5.43. The largest absolute Gasteiger partial charge is 0.335 e. The molecule has 1 saturated heterocycles. The highest BCUT2D eigenvalue weighted by Gasteiger charge is 2.63. The summed E-state index contributed by atoms with van der Waals surface area (Å²) >= 11 is 0. The predicted octanol–water partition coefficient (Wildman–Crippen LogP) is 3.46. The first kappa shape index (κ1) is 11.5. The number of rotatable bonds is 2. The summed E-state index contributed by atoms with van der Waals surface area (Å²) in [5.74, 6) is 1.34. The fraction of sp³-hybridized carbons (Fsp3) is 0.588. The topological polar surface area (TPSA) is 20.3 Å². The predicted molar refractivity (Wildman–Crippen MR) is 74.6 cm³/mol. The van der Waals surface area contributed by atoms with E-state index in [-0.39, 0.29) is 5.41 Å². The monoisotopic (exact) mass is 255 g/mol. The van der Waals surface area contributed by atoms with Gasteiger partial charge in [-0.3, -0.25) is 4.79 Å². The lowest BCUT2D eigenvalue weighted by Crippen LogP contribution is -2.60. The van der Waals surface area contributed by atoms with Crippen LogP contribution in [-0.4, -0.2) is 17.4 Å². The van der Waals surface area contributed by atoms with Crippen molar-refractivity contribution in [1.82, 2.24) is 4.90 Å². The molecule has 2 bridgehead atoms. The van der Waals surface area contributed by atoms with Crippen LogP contribution in [0.25, 0.3) is 0 Å². The zero-order valence-corrected chi connectivity index (χ0v) is 11.6. The molecular formula is C17H21NO. The van der Waals surface area contributed by atoms with Gasteiger partial charge in [0.15, 0.2) is 0 Å². The van der Waals surface area contributed by atoms with Gasteiger partial charge in [0, 0.05) is 6.54 Å². The lowest BCUT2D eigenvalue weighted by atomic mass is 9.44. The summed E-state index contributed by atoms with van der Waals surface area (Å²) in [5, 5.41) is 0. The number of aryl methyl sites for hydroxylation is 1. The maximum absolute atomic E-state index is 12.8. The number of hydrogen-bond acceptors (Lipinski definition) is 1. The molecule has 0 N–H and O–H groups in total. The average molecular weight is 255 g/mol. The van der Waals surface area contributed by atoms with E-state index < -0.39 is 0 Å². The lowest BCUT2D eigenvalue weighted by Gasteiger charge is -2.61. The van der Waals surface area contributed by atoms with Crippen LogP contribution in [0.3, 0.4) is 0 Å². The molecule has 0 aromatic heterocycles. The molecule has 1 heterocycles. The van der Waals surface area contributed by atoms with Crippen LogP contribution in [0.1, 0.15) is 49.3 Å². The SMILES string of the molecule is Cc1cccc(C2CCCN2C(=O)C23CC(C2)C3)c1. The number of hydrogen-bond donors (Lipinski definition) is 0. The van der Waals surface area contributed by atoms with Gasteiger partial charge in [0.25, 0.3) is 0 Å². The van der Waals surface area contributed by atoms with Crippen LogP contribution in [0.15, 0.2) is 24.3 Å². The highest BCUT2D eigenvalue weighted by Crippen LogP contribution is 2.65. The summed E-state index contributed by atoms with van der Waals surface area (Å²) in [6.45, 7) is 3.09. The Morgan fingerprint density at radius 1 is 1.32 bits per heavy atom. The normalized spacial score (nSPS) is 35.7. The minimum Gasteiger partial charge on any atom is -0.335 e. The van der Waals surface area contributed by atoms with Crippen LogP contribution < -0.4 is 0 Å². The summed E-state index contributed by atoms with van der Waals surface area (Å²) in [4.78, 5) is 15.0. The van der Waals surface area contributed by atoms with E-state index in [1.807, 2.05) is 0 Å². The van der Waals surface area contributed by atoms with Crippen molar-refractivity contribution in [2.45, 2.75) is 45.1 Å². The quantitative estimate of drug-likeness (QED) is 0.792. The minimum atomic E-state index is 0.0804. The Hall–Kier alpha value is -1.31. The maximum atomic E-state index is 12.8. The van der Waals surface area contributed by atoms with Crippen molar-refractivity contribution >= 4 is 5.91 Å². The minimum absolute atomic E-state index is 0.0804. The fourth-order valence-corrected chi connectivity index (χ4v) is 4.28. The van der Waals surface area contributed by atoms with Crippen molar-refractivity contribution in [3.63, 3.8) is 0 Å². The zero-order chi connectivity index (χ0) is 13.0. The zero-order valence-electron chi connectivity index (χ0n) is 11.6. The molecule has 4 fully saturated rings. The maximum Gasteiger partial charge on any atom is 0.229 e. The van der Waals surface area contributed by atoms with Gasteiger partial charge >= 0.3 is 0 Å². The van der Waals surface area contributed by atoms with E-state index in [0.717, 1.165) is 25.3 Å². The lowest BCUT2D eigenvalue weighted by molar-refractivity contribution is -0.177. The second kappa shape index (κ2) is 3.84. The Morgan fingerprint density at radius 2 is 2.11 bits per heavy atom. The molecule has 5 rings (SSSR count). The molecule has 0 spiro atoms. The van der Waals surface area contributed by atoms with Crippen LogP contribution >= 0.6 is 0 Å². The van der Waals surface area contributed by atoms with Crippen LogP contribution in [0.4, 0.5) is 0 Å². The van der Waals surface area contributed by atoms with Gasteiger partial charge in [0.1, 0.15) is 0 Å². The first-order chi connectivity index (χ1) is 9.18. The second-order valence-electron chi connectivity index (χ2n) is 6.83. The standard InChI is InChI=1S/C17H21NO/c1-12-4-2-5-14(8-12)15-6-3-7-18(15)16(19)17-9-13(10-17)11-17/h2,4-5,8,13,15H,3,6-7,9-11H2,1H3. The number of likely N-dealkylation sites (tertiary alicyclic amines) is 1. The van der Waals surface area contributed by atoms with Crippen molar-refractivity contribution in [1.29, 1.82) is 0 Å². The third-order valence-corrected chi connectivity index (χ3v) is 5.43. The smallest absolute Gasteiger partial charge is 0.229 e. The van der Waals surface area contributed by atoms with E-state index in [1.165, 1.54) is 30.4 Å². The highest BCUT2D eigenvalue weighted by molar-refractivity contribution is 5.86. The summed E-state index contributed by atoms with van der Waals surface area (Å²) in [7, 11) is 0. The molecule has 1 aromatic carbocycles. The summed E-state index contributed by atoms with van der Waals surface area (Å²) in [6, 6.07) is 9.02. The molecule has 4 aliphatic rings. The van der Waals surface area contributed by atoms with Gasteiger partial charge in [-0.1, -0.05) is 29.8 Å². The van der Waals surface area contributed by atoms with Crippen molar-refractivity contribution in [2.24, 2.45) is 11.3 Å². The van der Waals surface area contributed by atoms with E-state index in [4.69, 9.17) is 0 Å². The summed E-state index contributed by atoms with van der Waals surface area (Å²) < 4.78 is 0. The molecular weight excluding hydrogens is 234 g/mol. The fourth-order valence-electron chi connectivity index (χ4n) is 4.28. The first-order valence-electron chi connectivity index (χ1n) is 7.56. The number of benzene rings is 1. The van der Waals surface area contributed by atoms with Gasteiger partial charge in [-0.15, -0.1) is 0 Å². The van der Waals surface area contributed by atoms with Gasteiger partial charge in [0.2, 0.25) is 5.91 Å². The van der Waals surface area contributed by atoms with E-state index in [0.29, 0.717) is 11.9 Å². The molecule has 19 heavy (non-hydrogen) atoms. The van der Waals surface area contributed by atoms with Crippen molar-refractivity contribution in [3.8, 4) is 0 Å². The number of amides is 1. The van der Waals surface area contributed by atoms with Crippen LogP contribution in [0.2, 0.25) is 0 Å². The Kier molecular flexibility index (Phi) is 2.33. The average Bonchev–Trinajstić information content (AvgIpc) is 2.73. The molecule has 3 aliphatic carbocycles. The Bertz CT molecular complexity index is 519. The van der Waals surface area contributed by atoms with Gasteiger partial charge in [-0.25, -0.2) is 0 Å². The Morgan fingerprint density at radius 3 is 2.74 bits per heavy atom. The Labute approximate surface area is 114 Å². The van der Waals surface area contributed by atoms with Gasteiger partial charge in [0.05, 0.1) is 11.5 Å². The van der Waals surface area contributed by atoms with Crippen LogP contribution in [0.5, 0.6) is 0 Å².